The standard InChI is InChI=1S/C17H28ClN3/c1-4-16(19)17(13-5-7-14(18)8-6-13)21(3)15-9-11-20(2)12-10-15/h5-8,15-17H,4,9-12,19H2,1-3H3. The van der Waals surface area contributed by atoms with Gasteiger partial charge in [0.15, 0.2) is 0 Å². The molecule has 1 aliphatic heterocycles. The molecule has 118 valence electrons. The minimum absolute atomic E-state index is 0.149. The van der Waals surface area contributed by atoms with Gasteiger partial charge >= 0.3 is 0 Å². The summed E-state index contributed by atoms with van der Waals surface area (Å²) in [6, 6.07) is 9.20. The molecule has 1 aromatic carbocycles. The molecule has 0 radical (unpaired) electrons. The molecule has 2 atom stereocenters. The highest BCUT2D eigenvalue weighted by Gasteiger charge is 2.30. The molecule has 0 bridgehead atoms. The number of benzene rings is 1. The lowest BCUT2D eigenvalue weighted by Gasteiger charge is -2.41. The molecule has 1 fully saturated rings. The van der Waals surface area contributed by atoms with E-state index in [1.807, 2.05) is 12.1 Å². The summed E-state index contributed by atoms with van der Waals surface area (Å²) in [4.78, 5) is 4.89. The van der Waals surface area contributed by atoms with E-state index in [0.29, 0.717) is 6.04 Å². The average molecular weight is 310 g/mol. The van der Waals surface area contributed by atoms with Crippen molar-refractivity contribution in [1.29, 1.82) is 0 Å². The first-order chi connectivity index (χ1) is 10.0. The molecule has 1 aromatic rings. The van der Waals surface area contributed by atoms with Crippen molar-refractivity contribution in [2.45, 2.75) is 44.3 Å². The van der Waals surface area contributed by atoms with Crippen LogP contribution in [0.5, 0.6) is 0 Å². The zero-order valence-electron chi connectivity index (χ0n) is 13.4. The summed E-state index contributed by atoms with van der Waals surface area (Å²) in [6.07, 6.45) is 3.41. The summed E-state index contributed by atoms with van der Waals surface area (Å²) < 4.78 is 0. The Balaban J connectivity index is 2.17. The topological polar surface area (TPSA) is 32.5 Å². The zero-order chi connectivity index (χ0) is 15.4. The molecule has 2 unspecified atom stereocenters. The molecule has 4 heteroatoms. The van der Waals surface area contributed by atoms with E-state index in [4.69, 9.17) is 17.3 Å². The van der Waals surface area contributed by atoms with Gasteiger partial charge in [-0.3, -0.25) is 4.90 Å². The van der Waals surface area contributed by atoms with Gasteiger partial charge in [0, 0.05) is 23.1 Å². The Labute approximate surface area is 134 Å². The minimum atomic E-state index is 0.149. The number of piperidine rings is 1. The van der Waals surface area contributed by atoms with Crippen LogP contribution in [0.15, 0.2) is 24.3 Å². The molecular formula is C17H28ClN3. The summed E-state index contributed by atoms with van der Waals surface area (Å²) in [5.41, 5.74) is 7.71. The largest absolute Gasteiger partial charge is 0.326 e. The molecule has 1 heterocycles. The average Bonchev–Trinajstić information content (AvgIpc) is 2.49. The maximum atomic E-state index is 6.44. The lowest BCUT2D eigenvalue weighted by atomic mass is 9.93. The van der Waals surface area contributed by atoms with E-state index in [2.05, 4.69) is 43.0 Å². The van der Waals surface area contributed by atoms with Crippen LogP contribution < -0.4 is 5.73 Å². The van der Waals surface area contributed by atoms with Crippen molar-refractivity contribution in [1.82, 2.24) is 9.80 Å². The van der Waals surface area contributed by atoms with Gasteiger partial charge in [0.05, 0.1) is 0 Å². The Bertz CT molecular complexity index is 426. The third kappa shape index (κ3) is 4.19. The fourth-order valence-corrected chi connectivity index (χ4v) is 3.42. The molecule has 21 heavy (non-hydrogen) atoms. The van der Waals surface area contributed by atoms with E-state index in [9.17, 15) is 0 Å². The van der Waals surface area contributed by atoms with Gasteiger partial charge in [-0.15, -0.1) is 0 Å². The lowest BCUT2D eigenvalue weighted by Crippen LogP contribution is -2.48. The second-order valence-corrected chi connectivity index (χ2v) is 6.70. The normalized spacial score (nSPS) is 20.7. The molecule has 3 nitrogen and oxygen atoms in total. The van der Waals surface area contributed by atoms with Crippen LogP contribution in [0.1, 0.15) is 37.8 Å². The van der Waals surface area contributed by atoms with Crippen LogP contribution >= 0.6 is 11.6 Å². The lowest BCUT2D eigenvalue weighted by molar-refractivity contribution is 0.0935. The highest BCUT2D eigenvalue weighted by molar-refractivity contribution is 6.30. The number of nitrogens with two attached hydrogens (primary N) is 1. The van der Waals surface area contributed by atoms with Crippen molar-refractivity contribution in [3.63, 3.8) is 0 Å². The van der Waals surface area contributed by atoms with Crippen molar-refractivity contribution in [3.8, 4) is 0 Å². The molecule has 1 aliphatic rings. The number of halogens is 1. The summed E-state index contributed by atoms with van der Waals surface area (Å²) in [5.74, 6) is 0. The van der Waals surface area contributed by atoms with Crippen molar-refractivity contribution in [3.05, 3.63) is 34.9 Å². The van der Waals surface area contributed by atoms with Crippen molar-refractivity contribution < 1.29 is 0 Å². The number of hydrogen-bond acceptors (Lipinski definition) is 3. The maximum absolute atomic E-state index is 6.44. The van der Waals surface area contributed by atoms with Crippen LogP contribution in [0, 0.1) is 0 Å². The van der Waals surface area contributed by atoms with E-state index >= 15 is 0 Å². The highest BCUT2D eigenvalue weighted by atomic mass is 35.5. The highest BCUT2D eigenvalue weighted by Crippen LogP contribution is 2.29. The van der Waals surface area contributed by atoms with Gasteiger partial charge in [-0.2, -0.15) is 0 Å². The minimum Gasteiger partial charge on any atom is -0.326 e. The summed E-state index contributed by atoms with van der Waals surface area (Å²) >= 11 is 6.02. The van der Waals surface area contributed by atoms with Crippen LogP contribution in [-0.2, 0) is 0 Å². The van der Waals surface area contributed by atoms with Crippen molar-refractivity contribution in [2.24, 2.45) is 5.73 Å². The van der Waals surface area contributed by atoms with Crippen molar-refractivity contribution >= 4 is 11.6 Å². The van der Waals surface area contributed by atoms with Gasteiger partial charge in [0.25, 0.3) is 0 Å². The Morgan fingerprint density at radius 1 is 1.29 bits per heavy atom. The van der Waals surface area contributed by atoms with Gasteiger partial charge in [0.1, 0.15) is 0 Å². The molecule has 0 aliphatic carbocycles. The van der Waals surface area contributed by atoms with Crippen LogP contribution in [0.3, 0.4) is 0 Å². The molecule has 0 saturated carbocycles. The SMILES string of the molecule is CCC(N)C(c1ccc(Cl)cc1)N(C)C1CCN(C)CC1. The first-order valence-corrected chi connectivity index (χ1v) is 8.32. The van der Waals surface area contributed by atoms with E-state index in [1.54, 1.807) is 0 Å². The third-order valence-corrected chi connectivity index (χ3v) is 5.04. The Morgan fingerprint density at radius 3 is 2.38 bits per heavy atom. The van der Waals surface area contributed by atoms with E-state index in [1.165, 1.54) is 31.5 Å². The van der Waals surface area contributed by atoms with Crippen LogP contribution in [0.2, 0.25) is 5.02 Å². The van der Waals surface area contributed by atoms with Gasteiger partial charge in [-0.25, -0.2) is 0 Å². The summed E-state index contributed by atoms with van der Waals surface area (Å²) in [6.45, 7) is 4.50. The van der Waals surface area contributed by atoms with Crippen LogP contribution in [0.4, 0.5) is 0 Å². The molecule has 2 rings (SSSR count). The second-order valence-electron chi connectivity index (χ2n) is 6.27. The Hall–Kier alpha value is -0.610. The van der Waals surface area contributed by atoms with E-state index in [-0.39, 0.29) is 12.1 Å². The number of hydrogen-bond donors (Lipinski definition) is 1. The predicted octanol–water partition coefficient (Wildman–Crippen LogP) is 3.14. The summed E-state index contributed by atoms with van der Waals surface area (Å²) in [5, 5.41) is 0.782. The number of rotatable bonds is 5. The van der Waals surface area contributed by atoms with Gasteiger partial charge < -0.3 is 10.6 Å². The van der Waals surface area contributed by atoms with Gasteiger partial charge in [0.2, 0.25) is 0 Å². The quantitative estimate of drug-likeness (QED) is 0.907. The zero-order valence-corrected chi connectivity index (χ0v) is 14.2. The second kappa shape index (κ2) is 7.59. The Morgan fingerprint density at radius 2 is 1.86 bits per heavy atom. The van der Waals surface area contributed by atoms with Gasteiger partial charge in [-0.1, -0.05) is 30.7 Å². The number of likely N-dealkylation sites (N-methyl/N-ethyl adjacent to an activating group) is 1. The van der Waals surface area contributed by atoms with Crippen molar-refractivity contribution in [2.75, 3.05) is 27.2 Å². The fourth-order valence-electron chi connectivity index (χ4n) is 3.30. The molecule has 0 spiro atoms. The molecule has 0 aromatic heterocycles. The first-order valence-electron chi connectivity index (χ1n) is 7.94. The predicted molar refractivity (Wildman–Crippen MR) is 90.7 cm³/mol. The van der Waals surface area contributed by atoms with E-state index in [0.717, 1.165) is 11.4 Å². The van der Waals surface area contributed by atoms with Gasteiger partial charge in [-0.05, 0) is 64.1 Å². The fraction of sp³-hybridized carbons (Fsp3) is 0.647. The smallest absolute Gasteiger partial charge is 0.0498 e. The van der Waals surface area contributed by atoms with E-state index < -0.39 is 0 Å². The third-order valence-electron chi connectivity index (χ3n) is 4.79. The molecule has 2 N–H and O–H groups in total. The molecule has 0 amide bonds. The first kappa shape index (κ1) is 16.8. The van der Waals surface area contributed by atoms with Crippen LogP contribution in [0.25, 0.3) is 0 Å². The summed E-state index contributed by atoms with van der Waals surface area (Å²) in [7, 11) is 4.43. The number of nitrogens with zero attached hydrogens (tertiary/aromatic N) is 2. The molecule has 1 saturated heterocycles. The van der Waals surface area contributed by atoms with Crippen LogP contribution in [-0.4, -0.2) is 49.1 Å². The Kier molecular flexibility index (Phi) is 6.06. The molecular weight excluding hydrogens is 282 g/mol. The number of likely N-dealkylation sites (tertiary alicyclic amines) is 1. The monoisotopic (exact) mass is 309 g/mol. The maximum Gasteiger partial charge on any atom is 0.0498 e.